The molecule has 0 spiro atoms. The van der Waals surface area contributed by atoms with E-state index in [9.17, 15) is 0 Å². The summed E-state index contributed by atoms with van der Waals surface area (Å²) in [5, 5.41) is 0. The fraction of sp³-hybridized carbons (Fsp3) is 0.333. The highest BCUT2D eigenvalue weighted by Crippen LogP contribution is 2.35. The summed E-state index contributed by atoms with van der Waals surface area (Å²) < 4.78 is 0. The summed E-state index contributed by atoms with van der Waals surface area (Å²) in [6.07, 6.45) is 0. The van der Waals surface area contributed by atoms with E-state index in [1.165, 1.54) is 27.8 Å². The minimum absolute atomic E-state index is 0.425. The molecule has 0 N–H and O–H groups in total. The molecule has 0 aliphatic heterocycles. The fourth-order valence-corrected chi connectivity index (χ4v) is 3.86. The average Bonchev–Trinajstić information content (AvgIpc) is 2.68. The van der Waals surface area contributed by atoms with Gasteiger partial charge < -0.3 is 0 Å². The van der Waals surface area contributed by atoms with Crippen LogP contribution in [0, 0.1) is 13.8 Å². The van der Waals surface area contributed by atoms with Crippen molar-refractivity contribution in [3.63, 3.8) is 0 Å². The van der Waals surface area contributed by atoms with Crippen molar-refractivity contribution in [1.82, 2.24) is 4.98 Å². The lowest BCUT2D eigenvalue weighted by atomic mass is 9.93. The first-order valence-electron chi connectivity index (χ1n) is 10.5. The van der Waals surface area contributed by atoms with Gasteiger partial charge in [-0.25, -0.2) is 4.98 Å². The van der Waals surface area contributed by atoms with Crippen LogP contribution in [-0.2, 0) is 0 Å². The molecule has 150 valence electrons. The summed E-state index contributed by atoms with van der Waals surface area (Å²) in [6.45, 7) is 15.3. The molecule has 0 saturated heterocycles. The van der Waals surface area contributed by atoms with Crippen molar-refractivity contribution < 1.29 is 0 Å². The Morgan fingerprint density at radius 1 is 0.759 bits per heavy atom. The van der Waals surface area contributed by atoms with Crippen molar-refractivity contribution >= 4 is 11.4 Å². The molecular formula is C27H32N2. The minimum Gasteiger partial charge on any atom is -0.251 e. The van der Waals surface area contributed by atoms with E-state index in [-0.39, 0.29) is 0 Å². The monoisotopic (exact) mass is 384 g/mol. The van der Waals surface area contributed by atoms with Gasteiger partial charge in [-0.3, -0.25) is 4.99 Å². The van der Waals surface area contributed by atoms with Crippen molar-refractivity contribution in [2.75, 3.05) is 0 Å². The molecule has 0 aliphatic carbocycles. The molecule has 2 aromatic carbocycles. The van der Waals surface area contributed by atoms with Gasteiger partial charge in [-0.15, -0.1) is 0 Å². The van der Waals surface area contributed by atoms with Crippen LogP contribution in [-0.4, -0.2) is 10.7 Å². The van der Waals surface area contributed by atoms with Crippen molar-refractivity contribution in [2.24, 2.45) is 4.99 Å². The molecule has 0 aliphatic rings. The Morgan fingerprint density at radius 3 is 1.83 bits per heavy atom. The summed E-state index contributed by atoms with van der Waals surface area (Å²) in [6, 6.07) is 19.2. The number of hydrogen-bond acceptors (Lipinski definition) is 2. The van der Waals surface area contributed by atoms with Gasteiger partial charge in [0, 0.05) is 5.56 Å². The van der Waals surface area contributed by atoms with E-state index in [2.05, 4.69) is 103 Å². The Labute approximate surface area is 175 Å². The molecule has 0 fully saturated rings. The summed E-state index contributed by atoms with van der Waals surface area (Å²) in [4.78, 5) is 10.1. The fourth-order valence-electron chi connectivity index (χ4n) is 3.86. The van der Waals surface area contributed by atoms with Crippen molar-refractivity contribution in [3.8, 4) is 11.3 Å². The van der Waals surface area contributed by atoms with Gasteiger partial charge in [0.1, 0.15) is 0 Å². The number of rotatable bonds is 5. The lowest BCUT2D eigenvalue weighted by Crippen LogP contribution is -2.02. The molecule has 1 heterocycles. The number of para-hydroxylation sites is 1. The maximum atomic E-state index is 5.11. The van der Waals surface area contributed by atoms with Crippen LogP contribution in [0.4, 0.5) is 5.69 Å². The standard InChI is InChI=1S/C27H32N2/c1-17(2)22-13-9-14-23(18(3)4)27(22)28-21(7)24-15-10-16-25(29-24)26-19(5)11-8-12-20(26)6/h8-18H,1-7H3. The second kappa shape index (κ2) is 8.73. The predicted molar refractivity (Wildman–Crippen MR) is 126 cm³/mol. The lowest BCUT2D eigenvalue weighted by Gasteiger charge is -2.17. The van der Waals surface area contributed by atoms with Gasteiger partial charge in [-0.2, -0.15) is 0 Å². The van der Waals surface area contributed by atoms with E-state index >= 15 is 0 Å². The third-order valence-corrected chi connectivity index (χ3v) is 5.48. The van der Waals surface area contributed by atoms with Gasteiger partial charge in [-0.1, -0.05) is 70.2 Å². The smallest absolute Gasteiger partial charge is 0.0849 e. The molecule has 3 aromatic rings. The van der Waals surface area contributed by atoms with Gasteiger partial charge in [0.25, 0.3) is 0 Å². The molecule has 0 amide bonds. The van der Waals surface area contributed by atoms with Crippen molar-refractivity contribution in [1.29, 1.82) is 0 Å². The number of aromatic nitrogens is 1. The van der Waals surface area contributed by atoms with E-state index in [0.717, 1.165) is 22.8 Å². The van der Waals surface area contributed by atoms with Gasteiger partial charge in [0.15, 0.2) is 0 Å². The number of benzene rings is 2. The zero-order valence-corrected chi connectivity index (χ0v) is 18.7. The van der Waals surface area contributed by atoms with Gasteiger partial charge in [0.2, 0.25) is 0 Å². The van der Waals surface area contributed by atoms with Crippen LogP contribution < -0.4 is 0 Å². The predicted octanol–water partition coefficient (Wildman–Crippen LogP) is 7.75. The summed E-state index contributed by atoms with van der Waals surface area (Å²) in [5.74, 6) is 0.850. The zero-order chi connectivity index (χ0) is 21.1. The number of pyridine rings is 1. The first kappa shape index (κ1) is 21.0. The SMILES string of the molecule is CC(=Nc1c(C(C)C)cccc1C(C)C)c1cccc(-c2c(C)cccc2C)n1. The van der Waals surface area contributed by atoms with Crippen LogP contribution in [0.25, 0.3) is 11.3 Å². The topological polar surface area (TPSA) is 25.2 Å². The molecular weight excluding hydrogens is 352 g/mol. The second-order valence-electron chi connectivity index (χ2n) is 8.47. The van der Waals surface area contributed by atoms with Crippen LogP contribution in [0.3, 0.4) is 0 Å². The van der Waals surface area contributed by atoms with Crippen LogP contribution in [0.5, 0.6) is 0 Å². The molecule has 29 heavy (non-hydrogen) atoms. The van der Waals surface area contributed by atoms with Gasteiger partial charge in [0.05, 0.1) is 22.8 Å². The van der Waals surface area contributed by atoms with E-state index in [0.29, 0.717) is 11.8 Å². The summed E-state index contributed by atoms with van der Waals surface area (Å²) in [5.41, 5.74) is 10.3. The molecule has 3 rings (SSSR count). The molecule has 2 heteroatoms. The minimum atomic E-state index is 0.425. The van der Waals surface area contributed by atoms with Crippen molar-refractivity contribution in [3.05, 3.63) is 82.5 Å². The zero-order valence-electron chi connectivity index (χ0n) is 18.7. The van der Waals surface area contributed by atoms with Gasteiger partial charge >= 0.3 is 0 Å². The Kier molecular flexibility index (Phi) is 6.32. The molecule has 0 bridgehead atoms. The molecule has 0 atom stereocenters. The highest BCUT2D eigenvalue weighted by molar-refractivity contribution is 5.99. The second-order valence-corrected chi connectivity index (χ2v) is 8.47. The number of hydrogen-bond donors (Lipinski definition) is 0. The Balaban J connectivity index is 2.11. The molecule has 2 nitrogen and oxygen atoms in total. The largest absolute Gasteiger partial charge is 0.251 e. The van der Waals surface area contributed by atoms with Crippen molar-refractivity contribution in [2.45, 2.75) is 60.3 Å². The molecule has 0 saturated carbocycles. The first-order valence-corrected chi connectivity index (χ1v) is 10.5. The average molecular weight is 385 g/mol. The van der Waals surface area contributed by atoms with Crippen LogP contribution in [0.2, 0.25) is 0 Å². The quantitative estimate of drug-likeness (QED) is 0.413. The third kappa shape index (κ3) is 4.48. The Bertz CT molecular complexity index is 996. The van der Waals surface area contributed by atoms with Crippen LogP contribution >= 0.6 is 0 Å². The summed E-state index contributed by atoms with van der Waals surface area (Å²) in [7, 11) is 0. The normalized spacial score (nSPS) is 12.1. The summed E-state index contributed by atoms with van der Waals surface area (Å²) >= 11 is 0. The maximum Gasteiger partial charge on any atom is 0.0849 e. The number of nitrogens with zero attached hydrogens (tertiary/aromatic N) is 2. The van der Waals surface area contributed by atoms with Crippen LogP contribution in [0.15, 0.2) is 59.6 Å². The van der Waals surface area contributed by atoms with Gasteiger partial charge in [-0.05, 0) is 67.0 Å². The van der Waals surface area contributed by atoms with E-state index in [1.807, 2.05) is 0 Å². The number of aliphatic imine (C=N–C) groups is 1. The first-order chi connectivity index (χ1) is 13.8. The number of aryl methyl sites for hydroxylation is 2. The van der Waals surface area contributed by atoms with E-state index in [4.69, 9.17) is 9.98 Å². The Hall–Kier alpha value is -2.74. The third-order valence-electron chi connectivity index (χ3n) is 5.48. The Morgan fingerprint density at radius 2 is 1.28 bits per heavy atom. The highest BCUT2D eigenvalue weighted by atomic mass is 14.8. The van der Waals surface area contributed by atoms with Crippen LogP contribution in [0.1, 0.15) is 74.4 Å². The van der Waals surface area contributed by atoms with E-state index in [1.54, 1.807) is 0 Å². The molecule has 0 unspecified atom stereocenters. The van der Waals surface area contributed by atoms with E-state index < -0.39 is 0 Å². The maximum absolute atomic E-state index is 5.11. The lowest BCUT2D eigenvalue weighted by molar-refractivity contribution is 0.834. The highest BCUT2D eigenvalue weighted by Gasteiger charge is 2.14. The molecule has 0 radical (unpaired) electrons. The molecule has 1 aromatic heterocycles.